The van der Waals surface area contributed by atoms with E-state index in [0.717, 1.165) is 26.1 Å². The fourth-order valence-electron chi connectivity index (χ4n) is 2.85. The number of benzene rings is 1. The van der Waals surface area contributed by atoms with Gasteiger partial charge in [0.05, 0.1) is 5.56 Å². The first-order chi connectivity index (χ1) is 9.81. The van der Waals surface area contributed by atoms with E-state index < -0.39 is 11.7 Å². The zero-order valence-electron chi connectivity index (χ0n) is 12.3. The Balaban J connectivity index is 2.16. The number of rotatable bonds is 4. The summed E-state index contributed by atoms with van der Waals surface area (Å²) in [6.07, 6.45) is -3.28. The zero-order chi connectivity index (χ0) is 15.6. The highest BCUT2D eigenvalue weighted by Crippen LogP contribution is 2.35. The van der Waals surface area contributed by atoms with Gasteiger partial charge in [0.15, 0.2) is 0 Å². The van der Waals surface area contributed by atoms with E-state index in [-0.39, 0.29) is 11.4 Å². The number of hydrogen-bond donors (Lipinski definition) is 0. The first kappa shape index (κ1) is 16.4. The summed E-state index contributed by atoms with van der Waals surface area (Å²) in [5.74, 6) is 0.369. The van der Waals surface area contributed by atoms with Gasteiger partial charge in [-0.1, -0.05) is 6.07 Å². The summed E-state index contributed by atoms with van der Waals surface area (Å²) in [6, 6.07) is 4.39. The molecular formula is C15H20ClF3N2. The van der Waals surface area contributed by atoms with E-state index in [4.69, 9.17) is 11.6 Å². The highest BCUT2D eigenvalue weighted by Gasteiger charge is 2.33. The predicted molar refractivity (Wildman–Crippen MR) is 79.9 cm³/mol. The van der Waals surface area contributed by atoms with Crippen LogP contribution >= 0.6 is 11.6 Å². The Bertz CT molecular complexity index is 490. The Morgan fingerprint density at radius 1 is 1.38 bits per heavy atom. The van der Waals surface area contributed by atoms with Crippen molar-refractivity contribution >= 4 is 17.3 Å². The van der Waals surface area contributed by atoms with E-state index >= 15 is 0 Å². The van der Waals surface area contributed by atoms with E-state index in [1.54, 1.807) is 6.07 Å². The molecule has 0 aromatic heterocycles. The molecule has 0 bridgehead atoms. The maximum atomic E-state index is 13.1. The molecule has 0 radical (unpaired) electrons. The lowest BCUT2D eigenvalue weighted by Gasteiger charge is -2.24. The molecule has 2 rings (SSSR count). The van der Waals surface area contributed by atoms with Crippen molar-refractivity contribution in [3.05, 3.63) is 29.3 Å². The molecule has 1 unspecified atom stereocenters. The first-order valence-corrected chi connectivity index (χ1v) is 7.50. The standard InChI is InChI=1S/C15H20ClF3N2/c1-20-6-5-11(9-20)10-21(2)13-4-3-12(8-16)14(7-13)15(17,18)19/h3-4,7,11H,5-6,8-10H2,1-2H3. The number of hydrogen-bond acceptors (Lipinski definition) is 2. The van der Waals surface area contributed by atoms with Crippen LogP contribution in [0.3, 0.4) is 0 Å². The molecule has 1 aromatic rings. The third-order valence-corrected chi connectivity index (χ3v) is 4.29. The van der Waals surface area contributed by atoms with Gasteiger partial charge in [-0.15, -0.1) is 11.6 Å². The molecule has 1 saturated heterocycles. The van der Waals surface area contributed by atoms with E-state index in [2.05, 4.69) is 11.9 Å². The van der Waals surface area contributed by atoms with E-state index in [0.29, 0.717) is 11.6 Å². The number of alkyl halides is 4. The van der Waals surface area contributed by atoms with Crippen molar-refractivity contribution in [2.75, 3.05) is 38.6 Å². The molecule has 1 fully saturated rings. The summed E-state index contributed by atoms with van der Waals surface area (Å²) in [4.78, 5) is 4.15. The second kappa shape index (κ2) is 6.44. The van der Waals surface area contributed by atoms with Gasteiger partial charge in [-0.3, -0.25) is 0 Å². The van der Waals surface area contributed by atoms with Crippen molar-refractivity contribution in [1.82, 2.24) is 4.90 Å². The van der Waals surface area contributed by atoms with Crippen LogP contribution in [0.1, 0.15) is 17.5 Å². The van der Waals surface area contributed by atoms with Crippen molar-refractivity contribution in [1.29, 1.82) is 0 Å². The molecule has 0 amide bonds. The van der Waals surface area contributed by atoms with Crippen LogP contribution in [0.4, 0.5) is 18.9 Å². The average molecular weight is 321 g/mol. The fourth-order valence-corrected chi connectivity index (χ4v) is 3.08. The van der Waals surface area contributed by atoms with Crippen LogP contribution in [0, 0.1) is 5.92 Å². The molecule has 1 atom stereocenters. The molecule has 0 aliphatic carbocycles. The van der Waals surface area contributed by atoms with Gasteiger partial charge in [0.25, 0.3) is 0 Å². The molecular weight excluding hydrogens is 301 g/mol. The van der Waals surface area contributed by atoms with E-state index in [9.17, 15) is 13.2 Å². The van der Waals surface area contributed by atoms with Gasteiger partial charge < -0.3 is 9.80 Å². The number of likely N-dealkylation sites (tertiary alicyclic amines) is 1. The molecule has 0 N–H and O–H groups in total. The summed E-state index contributed by atoms with van der Waals surface area (Å²) in [5, 5.41) is 0. The van der Waals surface area contributed by atoms with Gasteiger partial charge in [0.1, 0.15) is 0 Å². The number of anilines is 1. The molecule has 21 heavy (non-hydrogen) atoms. The minimum atomic E-state index is -4.37. The molecule has 6 heteroatoms. The largest absolute Gasteiger partial charge is 0.416 e. The van der Waals surface area contributed by atoms with Crippen LogP contribution in [0.5, 0.6) is 0 Å². The van der Waals surface area contributed by atoms with Crippen LogP contribution < -0.4 is 4.90 Å². The lowest BCUT2D eigenvalue weighted by atomic mass is 10.1. The Kier molecular flexibility index (Phi) is 5.04. The summed E-state index contributed by atoms with van der Waals surface area (Å²) < 4.78 is 39.2. The van der Waals surface area contributed by atoms with Gasteiger partial charge in [-0.2, -0.15) is 13.2 Å². The third kappa shape index (κ3) is 4.04. The second-order valence-electron chi connectivity index (χ2n) is 5.77. The summed E-state index contributed by atoms with van der Waals surface area (Å²) >= 11 is 5.60. The highest BCUT2D eigenvalue weighted by molar-refractivity contribution is 6.17. The fraction of sp³-hybridized carbons (Fsp3) is 0.600. The lowest BCUT2D eigenvalue weighted by Crippen LogP contribution is -2.27. The smallest absolute Gasteiger partial charge is 0.374 e. The number of halogens is 4. The van der Waals surface area contributed by atoms with Gasteiger partial charge >= 0.3 is 6.18 Å². The van der Waals surface area contributed by atoms with Gasteiger partial charge in [0, 0.05) is 31.7 Å². The molecule has 1 aliphatic rings. The molecule has 1 aliphatic heterocycles. The monoisotopic (exact) mass is 320 g/mol. The zero-order valence-corrected chi connectivity index (χ0v) is 13.0. The Morgan fingerprint density at radius 2 is 2.10 bits per heavy atom. The maximum absolute atomic E-state index is 13.1. The van der Waals surface area contributed by atoms with Crippen LogP contribution in [0.2, 0.25) is 0 Å². The quantitative estimate of drug-likeness (QED) is 0.778. The second-order valence-corrected chi connectivity index (χ2v) is 6.04. The molecule has 118 valence electrons. The summed E-state index contributed by atoms with van der Waals surface area (Å²) in [6.45, 7) is 2.82. The van der Waals surface area contributed by atoms with Crippen LogP contribution in [-0.4, -0.2) is 38.6 Å². The van der Waals surface area contributed by atoms with Gasteiger partial charge in [-0.25, -0.2) is 0 Å². The normalized spacial score (nSPS) is 20.0. The van der Waals surface area contributed by atoms with Crippen molar-refractivity contribution in [2.45, 2.75) is 18.5 Å². The van der Waals surface area contributed by atoms with E-state index in [1.807, 2.05) is 11.9 Å². The SMILES string of the molecule is CN1CCC(CN(C)c2ccc(CCl)c(C(F)(F)F)c2)C1. The van der Waals surface area contributed by atoms with Crippen LogP contribution in [0.25, 0.3) is 0 Å². The average Bonchev–Trinajstić information content (AvgIpc) is 2.82. The minimum Gasteiger partial charge on any atom is -0.374 e. The Labute approximate surface area is 128 Å². The molecule has 0 spiro atoms. The molecule has 1 heterocycles. The van der Waals surface area contributed by atoms with E-state index in [1.165, 1.54) is 12.1 Å². The Hall–Kier alpha value is -0.940. The van der Waals surface area contributed by atoms with Gasteiger partial charge in [-0.05, 0) is 43.6 Å². The topological polar surface area (TPSA) is 6.48 Å². The van der Waals surface area contributed by atoms with Gasteiger partial charge in [0.2, 0.25) is 0 Å². The highest BCUT2D eigenvalue weighted by atomic mass is 35.5. The molecule has 1 aromatic carbocycles. The maximum Gasteiger partial charge on any atom is 0.416 e. The third-order valence-electron chi connectivity index (χ3n) is 4.00. The predicted octanol–water partition coefficient (Wildman–Crippen LogP) is 3.83. The minimum absolute atomic E-state index is 0.127. The van der Waals surface area contributed by atoms with Crippen molar-refractivity contribution < 1.29 is 13.2 Å². The molecule has 2 nitrogen and oxygen atoms in total. The number of nitrogens with zero attached hydrogens (tertiary/aromatic N) is 2. The first-order valence-electron chi connectivity index (χ1n) is 6.97. The van der Waals surface area contributed by atoms with Crippen molar-refractivity contribution in [3.8, 4) is 0 Å². The Morgan fingerprint density at radius 3 is 2.62 bits per heavy atom. The summed E-state index contributed by atoms with van der Waals surface area (Å²) in [5.41, 5.74) is 0.0815. The van der Waals surface area contributed by atoms with Crippen LogP contribution in [-0.2, 0) is 12.1 Å². The molecule has 0 saturated carbocycles. The van der Waals surface area contributed by atoms with Crippen LogP contribution in [0.15, 0.2) is 18.2 Å². The van der Waals surface area contributed by atoms with Crippen molar-refractivity contribution in [2.24, 2.45) is 5.92 Å². The summed E-state index contributed by atoms with van der Waals surface area (Å²) in [7, 11) is 3.91. The van der Waals surface area contributed by atoms with Crippen molar-refractivity contribution in [3.63, 3.8) is 0 Å². The lowest BCUT2D eigenvalue weighted by molar-refractivity contribution is -0.138.